The lowest BCUT2D eigenvalue weighted by Crippen LogP contribution is -2.20. The maximum absolute atomic E-state index is 11.7. The molecular formula is C13H16N4O2. The Labute approximate surface area is 111 Å². The molecule has 0 unspecified atom stereocenters. The molecule has 6 nitrogen and oxygen atoms in total. The second-order valence-electron chi connectivity index (χ2n) is 4.09. The molecule has 0 bridgehead atoms. The molecule has 0 saturated carbocycles. The lowest BCUT2D eigenvalue weighted by Gasteiger charge is -2.07. The van der Waals surface area contributed by atoms with Crippen LogP contribution in [0.15, 0.2) is 36.7 Å². The van der Waals surface area contributed by atoms with E-state index < -0.39 is 0 Å². The maximum Gasteiger partial charge on any atom is 0.262 e. The van der Waals surface area contributed by atoms with Crippen LogP contribution >= 0.6 is 0 Å². The summed E-state index contributed by atoms with van der Waals surface area (Å²) >= 11 is 0. The van der Waals surface area contributed by atoms with Crippen molar-refractivity contribution in [2.75, 3.05) is 11.9 Å². The Morgan fingerprint density at radius 1 is 1.53 bits per heavy atom. The van der Waals surface area contributed by atoms with Crippen LogP contribution in [0.2, 0.25) is 0 Å². The van der Waals surface area contributed by atoms with Gasteiger partial charge in [0.15, 0.2) is 12.4 Å². The van der Waals surface area contributed by atoms with Crippen molar-refractivity contribution < 1.29 is 9.53 Å². The minimum atomic E-state index is -0.224. The summed E-state index contributed by atoms with van der Waals surface area (Å²) in [6.07, 6.45) is 3.25. The highest BCUT2D eigenvalue weighted by Crippen LogP contribution is 2.11. The van der Waals surface area contributed by atoms with E-state index in [4.69, 9.17) is 10.5 Å². The van der Waals surface area contributed by atoms with E-state index in [1.807, 2.05) is 18.2 Å². The molecule has 0 fully saturated rings. The van der Waals surface area contributed by atoms with Crippen molar-refractivity contribution in [2.45, 2.75) is 6.54 Å². The van der Waals surface area contributed by atoms with Gasteiger partial charge < -0.3 is 15.8 Å². The van der Waals surface area contributed by atoms with Gasteiger partial charge in [-0.15, -0.1) is 0 Å². The van der Waals surface area contributed by atoms with Crippen molar-refractivity contribution in [3.63, 3.8) is 0 Å². The number of nitrogens with zero attached hydrogens (tertiary/aromatic N) is 2. The van der Waals surface area contributed by atoms with E-state index in [-0.39, 0.29) is 12.5 Å². The first-order chi connectivity index (χ1) is 9.17. The van der Waals surface area contributed by atoms with Crippen LogP contribution in [-0.4, -0.2) is 22.3 Å². The molecule has 0 spiro atoms. The van der Waals surface area contributed by atoms with Gasteiger partial charge in [0.1, 0.15) is 0 Å². The molecule has 3 N–H and O–H groups in total. The number of rotatable bonds is 5. The molecule has 0 aliphatic heterocycles. The Hall–Kier alpha value is -2.34. The van der Waals surface area contributed by atoms with Gasteiger partial charge in [-0.25, -0.2) is 0 Å². The number of nitrogens with one attached hydrogen (secondary N) is 1. The van der Waals surface area contributed by atoms with Crippen molar-refractivity contribution >= 4 is 11.6 Å². The van der Waals surface area contributed by atoms with E-state index in [1.54, 1.807) is 30.2 Å². The smallest absolute Gasteiger partial charge is 0.262 e. The molecule has 0 atom stereocenters. The van der Waals surface area contributed by atoms with E-state index in [9.17, 15) is 4.79 Å². The molecule has 0 aliphatic carbocycles. The monoisotopic (exact) mass is 260 g/mol. The zero-order valence-corrected chi connectivity index (χ0v) is 10.7. The SMILES string of the molecule is Cn1cc(OCC(=O)Nc2cccc(CN)c2)cn1. The van der Waals surface area contributed by atoms with Crippen molar-refractivity contribution in [1.29, 1.82) is 0 Å². The second-order valence-corrected chi connectivity index (χ2v) is 4.09. The van der Waals surface area contributed by atoms with Gasteiger partial charge in [-0.1, -0.05) is 12.1 Å². The summed E-state index contributed by atoms with van der Waals surface area (Å²) in [5, 5.41) is 6.69. The van der Waals surface area contributed by atoms with Gasteiger partial charge in [0.25, 0.3) is 5.91 Å². The number of hydrogen-bond donors (Lipinski definition) is 2. The number of aryl methyl sites for hydroxylation is 1. The van der Waals surface area contributed by atoms with Gasteiger partial charge in [-0.2, -0.15) is 5.10 Å². The third-order valence-corrected chi connectivity index (χ3v) is 2.50. The van der Waals surface area contributed by atoms with Crippen molar-refractivity contribution in [2.24, 2.45) is 12.8 Å². The third-order valence-electron chi connectivity index (χ3n) is 2.50. The third kappa shape index (κ3) is 3.82. The molecule has 2 aromatic rings. The quantitative estimate of drug-likeness (QED) is 0.836. The van der Waals surface area contributed by atoms with Gasteiger partial charge in [0, 0.05) is 19.3 Å². The predicted molar refractivity (Wildman–Crippen MR) is 71.7 cm³/mol. The summed E-state index contributed by atoms with van der Waals surface area (Å²) < 4.78 is 6.91. The molecule has 1 aromatic carbocycles. The molecule has 0 saturated heterocycles. The number of hydrogen-bond acceptors (Lipinski definition) is 4. The van der Waals surface area contributed by atoms with Gasteiger partial charge in [-0.05, 0) is 17.7 Å². The molecule has 2 rings (SSSR count). The van der Waals surface area contributed by atoms with E-state index >= 15 is 0 Å². The van der Waals surface area contributed by atoms with Crippen LogP contribution in [0.1, 0.15) is 5.56 Å². The molecule has 6 heteroatoms. The zero-order valence-electron chi connectivity index (χ0n) is 10.7. The van der Waals surface area contributed by atoms with E-state index in [2.05, 4.69) is 10.4 Å². The Kier molecular flexibility index (Phi) is 4.15. The highest BCUT2D eigenvalue weighted by molar-refractivity contribution is 5.91. The van der Waals surface area contributed by atoms with Crippen LogP contribution in [0.25, 0.3) is 0 Å². The Morgan fingerprint density at radius 3 is 3.05 bits per heavy atom. The van der Waals surface area contributed by atoms with Gasteiger partial charge in [0.2, 0.25) is 0 Å². The van der Waals surface area contributed by atoms with E-state index in [0.29, 0.717) is 18.0 Å². The Bertz CT molecular complexity index is 565. The van der Waals surface area contributed by atoms with Gasteiger partial charge in [0.05, 0.1) is 12.4 Å². The first-order valence-electron chi connectivity index (χ1n) is 5.87. The van der Waals surface area contributed by atoms with E-state index in [1.165, 1.54) is 0 Å². The van der Waals surface area contributed by atoms with Gasteiger partial charge >= 0.3 is 0 Å². The largest absolute Gasteiger partial charge is 0.480 e. The number of anilines is 1. The highest BCUT2D eigenvalue weighted by atomic mass is 16.5. The molecule has 100 valence electrons. The molecule has 1 heterocycles. The zero-order chi connectivity index (χ0) is 13.7. The average Bonchev–Trinajstić information content (AvgIpc) is 2.82. The van der Waals surface area contributed by atoms with Gasteiger partial charge in [-0.3, -0.25) is 9.48 Å². The van der Waals surface area contributed by atoms with Crippen LogP contribution in [0.5, 0.6) is 5.75 Å². The van der Waals surface area contributed by atoms with Crippen LogP contribution in [0.4, 0.5) is 5.69 Å². The minimum absolute atomic E-state index is 0.0570. The molecule has 0 radical (unpaired) electrons. The number of carbonyl (C=O) groups is 1. The highest BCUT2D eigenvalue weighted by Gasteiger charge is 2.05. The van der Waals surface area contributed by atoms with Crippen molar-refractivity contribution in [1.82, 2.24) is 9.78 Å². The molecule has 1 amide bonds. The predicted octanol–water partition coefficient (Wildman–Crippen LogP) is 0.896. The summed E-state index contributed by atoms with van der Waals surface area (Å²) in [5.74, 6) is 0.339. The Balaban J connectivity index is 1.86. The fourth-order valence-electron chi connectivity index (χ4n) is 1.60. The number of aromatic nitrogens is 2. The molecule has 19 heavy (non-hydrogen) atoms. The number of benzene rings is 1. The van der Waals surface area contributed by atoms with Crippen LogP contribution in [-0.2, 0) is 18.4 Å². The summed E-state index contributed by atoms with van der Waals surface area (Å²) in [5.41, 5.74) is 7.21. The number of carbonyl (C=O) groups excluding carboxylic acids is 1. The molecule has 1 aromatic heterocycles. The first-order valence-corrected chi connectivity index (χ1v) is 5.87. The average molecular weight is 260 g/mol. The van der Waals surface area contributed by atoms with Crippen LogP contribution in [0.3, 0.4) is 0 Å². The second kappa shape index (κ2) is 6.01. The van der Waals surface area contributed by atoms with Crippen molar-refractivity contribution in [3.05, 3.63) is 42.2 Å². The molecule has 0 aliphatic rings. The number of ether oxygens (including phenoxy) is 1. The normalized spacial score (nSPS) is 10.2. The lowest BCUT2D eigenvalue weighted by molar-refractivity contribution is -0.118. The fourth-order valence-corrected chi connectivity index (χ4v) is 1.60. The topological polar surface area (TPSA) is 82.2 Å². The molecular weight excluding hydrogens is 244 g/mol. The number of nitrogens with two attached hydrogens (primary N) is 1. The summed E-state index contributed by atoms with van der Waals surface area (Å²) in [4.78, 5) is 11.7. The maximum atomic E-state index is 11.7. The number of amides is 1. The lowest BCUT2D eigenvalue weighted by atomic mass is 10.2. The minimum Gasteiger partial charge on any atom is -0.480 e. The fraction of sp³-hybridized carbons (Fsp3) is 0.231. The Morgan fingerprint density at radius 2 is 2.37 bits per heavy atom. The summed E-state index contributed by atoms with van der Waals surface area (Å²) in [6.45, 7) is 0.383. The van der Waals surface area contributed by atoms with E-state index in [0.717, 1.165) is 5.56 Å². The van der Waals surface area contributed by atoms with Crippen molar-refractivity contribution in [3.8, 4) is 5.75 Å². The summed E-state index contributed by atoms with van der Waals surface area (Å²) in [7, 11) is 1.78. The standard InChI is InChI=1S/C13H16N4O2/c1-17-8-12(7-15-17)19-9-13(18)16-11-4-2-3-10(5-11)6-14/h2-5,7-8H,6,9,14H2,1H3,(H,16,18). The first kappa shape index (κ1) is 13.1. The summed E-state index contributed by atoms with van der Waals surface area (Å²) in [6, 6.07) is 7.39. The van der Waals surface area contributed by atoms with Crippen LogP contribution in [0, 0.1) is 0 Å². The van der Waals surface area contributed by atoms with Crippen LogP contribution < -0.4 is 15.8 Å².